The third-order valence-electron chi connectivity index (χ3n) is 8.04. The van der Waals surface area contributed by atoms with Gasteiger partial charge in [0.25, 0.3) is 17.4 Å². The molecule has 3 heterocycles. The van der Waals surface area contributed by atoms with Crippen LogP contribution in [0.2, 0.25) is 0 Å². The normalized spacial score (nSPS) is 13.9. The van der Waals surface area contributed by atoms with Crippen molar-refractivity contribution < 1.29 is 18.7 Å². The second kappa shape index (κ2) is 14.5. The van der Waals surface area contributed by atoms with Crippen molar-refractivity contribution in [3.05, 3.63) is 112 Å². The maximum atomic E-state index is 15.4. The molecule has 2 aromatic carbocycles. The Kier molecular flexibility index (Phi) is 10.4. The van der Waals surface area contributed by atoms with Gasteiger partial charge in [0.05, 0.1) is 29.4 Å². The molecular formula is C36H39FN6O4S. The highest BCUT2D eigenvalue weighted by atomic mass is 32.2. The number of rotatable bonds is 10. The van der Waals surface area contributed by atoms with Gasteiger partial charge in [0, 0.05) is 48.3 Å². The van der Waals surface area contributed by atoms with Crippen LogP contribution in [0.5, 0.6) is 0 Å². The first-order chi connectivity index (χ1) is 22.9. The first-order valence-corrected chi connectivity index (χ1v) is 16.8. The van der Waals surface area contributed by atoms with Gasteiger partial charge in [-0.3, -0.25) is 14.4 Å². The van der Waals surface area contributed by atoms with E-state index in [-0.39, 0.29) is 29.0 Å². The number of ether oxygens (including phenoxy) is 1. The van der Waals surface area contributed by atoms with Crippen LogP contribution in [0.15, 0.2) is 78.0 Å². The summed E-state index contributed by atoms with van der Waals surface area (Å²) in [6, 6.07) is 11.6. The van der Waals surface area contributed by atoms with E-state index >= 15 is 4.39 Å². The molecule has 2 amide bonds. The Hall–Kier alpha value is -4.81. The number of carbonyl (C=O) groups is 2. The molecule has 0 unspecified atom stereocenters. The molecule has 0 atom stereocenters. The fourth-order valence-electron chi connectivity index (χ4n) is 5.37. The van der Waals surface area contributed by atoms with E-state index in [9.17, 15) is 14.4 Å². The Labute approximate surface area is 282 Å². The lowest BCUT2D eigenvalue weighted by atomic mass is 9.86. The Balaban J connectivity index is 1.48. The quantitative estimate of drug-likeness (QED) is 0.169. The summed E-state index contributed by atoms with van der Waals surface area (Å²) in [5.74, 6) is 0.637. The number of primary amides is 1. The molecule has 12 heteroatoms. The zero-order chi connectivity index (χ0) is 34.6. The van der Waals surface area contributed by atoms with Crippen LogP contribution in [0, 0.1) is 5.82 Å². The number of pyridine rings is 1. The van der Waals surface area contributed by atoms with Gasteiger partial charge in [-0.25, -0.2) is 9.37 Å². The van der Waals surface area contributed by atoms with Crippen LogP contribution >= 0.6 is 11.8 Å². The van der Waals surface area contributed by atoms with Crippen LogP contribution < -0.4 is 16.6 Å². The van der Waals surface area contributed by atoms with Gasteiger partial charge in [0.2, 0.25) is 0 Å². The van der Waals surface area contributed by atoms with Crippen LogP contribution in [0.4, 0.5) is 10.2 Å². The summed E-state index contributed by atoms with van der Waals surface area (Å²) in [6.45, 7) is 13.8. The number of allylic oxidation sites excluding steroid dienone is 2. The van der Waals surface area contributed by atoms with Crippen LogP contribution in [0.1, 0.15) is 54.7 Å². The molecule has 1 saturated heterocycles. The molecule has 1 fully saturated rings. The van der Waals surface area contributed by atoms with Crippen molar-refractivity contribution >= 4 is 45.7 Å². The van der Waals surface area contributed by atoms with Crippen molar-refractivity contribution in [1.82, 2.24) is 19.7 Å². The summed E-state index contributed by atoms with van der Waals surface area (Å²) in [5.41, 5.74) is 7.89. The molecule has 3 N–H and O–H groups in total. The number of nitrogens with two attached hydrogens (primary N) is 1. The monoisotopic (exact) mass is 670 g/mol. The predicted octanol–water partition coefficient (Wildman–Crippen LogP) is 5.44. The highest BCUT2D eigenvalue weighted by Crippen LogP contribution is 2.29. The molecule has 5 rings (SSSR count). The first-order valence-electron chi connectivity index (χ1n) is 15.6. The number of anilines is 1. The van der Waals surface area contributed by atoms with Crippen molar-refractivity contribution in [1.29, 1.82) is 0 Å². The molecule has 0 aliphatic carbocycles. The number of amides is 2. The fraction of sp³-hybridized carbons (Fsp3) is 0.306. The molecule has 1 aliphatic heterocycles. The van der Waals surface area contributed by atoms with Gasteiger partial charge in [-0.2, -0.15) is 21.5 Å². The van der Waals surface area contributed by atoms with E-state index < -0.39 is 17.3 Å². The highest BCUT2D eigenvalue weighted by molar-refractivity contribution is 7.99. The molecule has 4 aromatic rings. The largest absolute Gasteiger partial charge is 0.377 e. The van der Waals surface area contributed by atoms with Gasteiger partial charge in [-0.1, -0.05) is 39.5 Å². The average molecular weight is 671 g/mol. The van der Waals surface area contributed by atoms with E-state index in [2.05, 4.69) is 22.0 Å². The van der Waals surface area contributed by atoms with Crippen molar-refractivity contribution in [2.45, 2.75) is 39.7 Å². The Morgan fingerprint density at radius 3 is 2.54 bits per heavy atom. The highest BCUT2D eigenvalue weighted by Gasteiger charge is 2.22. The molecule has 2 aromatic heterocycles. The molecule has 250 valence electrons. The van der Waals surface area contributed by atoms with Crippen molar-refractivity contribution in [3.63, 3.8) is 0 Å². The second-order valence-corrected chi connectivity index (χ2v) is 13.6. The third kappa shape index (κ3) is 7.50. The number of hydrogen-bond acceptors (Lipinski definition) is 8. The average Bonchev–Trinajstić information content (AvgIpc) is 3.06. The van der Waals surface area contributed by atoms with Gasteiger partial charge in [-0.15, -0.1) is 0 Å². The number of nitrogens with zero attached hydrogens (tertiary/aromatic N) is 4. The number of hydrogen-bond donors (Lipinski definition) is 2. The van der Waals surface area contributed by atoms with E-state index in [0.29, 0.717) is 58.9 Å². The number of fused-ring (bicyclic) bond motifs is 1. The third-order valence-corrected chi connectivity index (χ3v) is 8.98. The predicted molar refractivity (Wildman–Crippen MR) is 189 cm³/mol. The number of nitrogens with one attached hydrogen (secondary N) is 1. The first kappa shape index (κ1) is 34.5. The van der Waals surface area contributed by atoms with Gasteiger partial charge >= 0.3 is 0 Å². The molecule has 48 heavy (non-hydrogen) atoms. The van der Waals surface area contributed by atoms with Gasteiger partial charge in [0.1, 0.15) is 17.3 Å². The Morgan fingerprint density at radius 2 is 1.90 bits per heavy atom. The minimum atomic E-state index is -0.760. The van der Waals surface area contributed by atoms with E-state index in [1.54, 1.807) is 41.3 Å². The number of halogens is 1. The summed E-state index contributed by atoms with van der Waals surface area (Å²) >= 11 is 1.82. The van der Waals surface area contributed by atoms with Crippen LogP contribution in [0.3, 0.4) is 0 Å². The lowest BCUT2D eigenvalue weighted by Gasteiger charge is -2.26. The van der Waals surface area contributed by atoms with Gasteiger partial charge in [0.15, 0.2) is 0 Å². The van der Waals surface area contributed by atoms with E-state index in [1.807, 2.05) is 39.5 Å². The minimum Gasteiger partial charge on any atom is -0.377 e. The minimum absolute atomic E-state index is 0.00474. The lowest BCUT2D eigenvalue weighted by molar-refractivity contribution is -0.114. The zero-order valence-corrected chi connectivity index (χ0v) is 28.3. The van der Waals surface area contributed by atoms with Gasteiger partial charge in [-0.05, 0) is 65.4 Å². The van der Waals surface area contributed by atoms with Crippen LogP contribution in [0.25, 0.3) is 22.0 Å². The molecule has 10 nitrogen and oxygen atoms in total. The summed E-state index contributed by atoms with van der Waals surface area (Å²) in [7, 11) is 0. The molecule has 0 spiro atoms. The maximum absolute atomic E-state index is 15.4. The summed E-state index contributed by atoms with van der Waals surface area (Å²) in [4.78, 5) is 45.2. The lowest BCUT2D eigenvalue weighted by Crippen LogP contribution is -2.37. The summed E-state index contributed by atoms with van der Waals surface area (Å²) in [5, 5.41) is 7.69. The van der Waals surface area contributed by atoms with Gasteiger partial charge < -0.3 is 20.7 Å². The Bertz CT molecular complexity index is 1960. The van der Waals surface area contributed by atoms with Crippen LogP contribution in [-0.4, -0.2) is 62.7 Å². The molecular weight excluding hydrogens is 631 g/mol. The fourth-order valence-corrected chi connectivity index (χ4v) is 6.27. The standard InChI is InChI=1S/C36H39FN6O4S/c1-6-47-21-27-26(8-7-9-30(27)43-35(46)32-24(20-40-43)17-25(18-28(32)37)36(3,4)5)22(2)16-29(33(38)44)41-31-11-10-23(19-39-31)34(45)42-12-14-48-15-13-42/h7-11,16-20H,2,6,12-15,21H2,1,3-5H3,(H2,38,44)(H,39,41)/b29-16+. The van der Waals surface area contributed by atoms with E-state index in [4.69, 9.17) is 10.5 Å². The van der Waals surface area contributed by atoms with Crippen molar-refractivity contribution in [2.75, 3.05) is 36.5 Å². The second-order valence-electron chi connectivity index (χ2n) is 12.4. The molecule has 0 saturated carbocycles. The van der Waals surface area contributed by atoms with E-state index in [1.165, 1.54) is 24.5 Å². The summed E-state index contributed by atoms with van der Waals surface area (Å²) in [6.07, 6.45) is 4.42. The maximum Gasteiger partial charge on any atom is 0.282 e. The molecule has 0 radical (unpaired) electrons. The molecule has 0 bridgehead atoms. The molecule has 1 aliphatic rings. The number of thioether (sulfide) groups is 1. The number of benzene rings is 2. The number of carbonyl (C=O) groups excluding carboxylic acids is 2. The van der Waals surface area contributed by atoms with E-state index in [0.717, 1.165) is 21.8 Å². The van der Waals surface area contributed by atoms with Crippen molar-refractivity contribution in [3.8, 4) is 5.69 Å². The Morgan fingerprint density at radius 1 is 1.15 bits per heavy atom. The zero-order valence-electron chi connectivity index (χ0n) is 27.5. The van der Waals surface area contributed by atoms with Crippen molar-refractivity contribution in [2.24, 2.45) is 5.73 Å². The summed E-state index contributed by atoms with van der Waals surface area (Å²) < 4.78 is 22.3. The van der Waals surface area contributed by atoms with Crippen LogP contribution in [-0.2, 0) is 21.6 Å². The smallest absolute Gasteiger partial charge is 0.282 e. The SMILES string of the molecule is C=C(/C=C(/Nc1ccc(C(=O)N2CCSCC2)cn1)C(N)=O)c1cccc(-n2ncc3cc(C(C)(C)C)cc(F)c3c2=O)c1COCC. The topological polar surface area (TPSA) is 132 Å². The number of aromatic nitrogens is 3.